The lowest BCUT2D eigenvalue weighted by atomic mass is 10.1. The molecule has 0 aliphatic rings. The van der Waals surface area contributed by atoms with Gasteiger partial charge in [-0.1, -0.05) is 65.3 Å². The summed E-state index contributed by atoms with van der Waals surface area (Å²) in [6, 6.07) is 13.5. The predicted octanol–water partition coefficient (Wildman–Crippen LogP) is 6.70. The molecule has 2 aromatic heterocycles. The lowest BCUT2D eigenvalue weighted by Gasteiger charge is -2.16. The number of anilines is 1. The number of allylic oxidation sites excluding steroid dienone is 1. The third-order valence-electron chi connectivity index (χ3n) is 5.51. The van der Waals surface area contributed by atoms with Crippen molar-refractivity contribution in [3.63, 3.8) is 0 Å². The van der Waals surface area contributed by atoms with Crippen LogP contribution in [-0.4, -0.2) is 20.7 Å². The van der Waals surface area contributed by atoms with Crippen LogP contribution in [-0.2, 0) is 11.3 Å². The van der Waals surface area contributed by atoms with Gasteiger partial charge in [-0.2, -0.15) is 0 Å². The average molecular weight is 510 g/mol. The summed E-state index contributed by atoms with van der Waals surface area (Å²) in [5, 5.41) is 6.07. The number of thiophene rings is 1. The Morgan fingerprint density at radius 1 is 1.26 bits per heavy atom. The van der Waals surface area contributed by atoms with Crippen molar-refractivity contribution in [2.45, 2.75) is 37.7 Å². The van der Waals surface area contributed by atoms with Crippen LogP contribution in [0, 0.1) is 13.8 Å². The molecule has 4 aromatic rings. The Balaban J connectivity index is 1.68. The van der Waals surface area contributed by atoms with Crippen molar-refractivity contribution < 1.29 is 4.79 Å². The van der Waals surface area contributed by atoms with Crippen LogP contribution in [0.1, 0.15) is 18.1 Å². The van der Waals surface area contributed by atoms with Crippen LogP contribution in [0.3, 0.4) is 0 Å². The number of nitrogens with zero attached hydrogens (tertiary/aromatic N) is 2. The zero-order valence-corrected chi connectivity index (χ0v) is 21.5. The van der Waals surface area contributed by atoms with Gasteiger partial charge in [0, 0.05) is 28.2 Å². The number of halogens is 1. The maximum absolute atomic E-state index is 13.5. The van der Waals surface area contributed by atoms with Gasteiger partial charge < -0.3 is 5.32 Å². The molecule has 0 saturated carbocycles. The van der Waals surface area contributed by atoms with E-state index in [1.165, 1.54) is 23.1 Å². The molecule has 0 radical (unpaired) electrons. The lowest BCUT2D eigenvalue weighted by Crippen LogP contribution is -2.27. The second-order valence-corrected chi connectivity index (χ2v) is 10.5. The van der Waals surface area contributed by atoms with Crippen LogP contribution in [0.5, 0.6) is 0 Å². The van der Waals surface area contributed by atoms with Crippen LogP contribution in [0.25, 0.3) is 21.3 Å². The number of thioether (sulfide) groups is 1. The van der Waals surface area contributed by atoms with Gasteiger partial charge in [-0.05, 0) is 44.0 Å². The second kappa shape index (κ2) is 10.2. The smallest absolute Gasteiger partial charge is 0.263 e. The Hall–Kier alpha value is -2.87. The molecule has 0 aliphatic carbocycles. The van der Waals surface area contributed by atoms with Gasteiger partial charge in [0.05, 0.1) is 10.6 Å². The highest BCUT2D eigenvalue weighted by molar-refractivity contribution is 8.00. The third kappa shape index (κ3) is 4.82. The van der Waals surface area contributed by atoms with E-state index in [1.54, 1.807) is 29.7 Å². The Bertz CT molecular complexity index is 1440. The lowest BCUT2D eigenvalue weighted by molar-refractivity contribution is -0.115. The molecule has 8 heteroatoms. The van der Waals surface area contributed by atoms with Gasteiger partial charge in [0.15, 0.2) is 5.16 Å². The van der Waals surface area contributed by atoms with Crippen LogP contribution in [0.2, 0.25) is 5.02 Å². The zero-order chi connectivity index (χ0) is 24.4. The summed E-state index contributed by atoms with van der Waals surface area (Å²) in [5.74, 6) is -0.193. The number of benzene rings is 2. The van der Waals surface area contributed by atoms with Crippen molar-refractivity contribution >= 4 is 56.5 Å². The summed E-state index contributed by atoms with van der Waals surface area (Å²) >= 11 is 8.86. The van der Waals surface area contributed by atoms with E-state index in [1.807, 2.05) is 49.6 Å². The van der Waals surface area contributed by atoms with Gasteiger partial charge in [0.1, 0.15) is 4.83 Å². The molecule has 34 heavy (non-hydrogen) atoms. The SMILES string of the molecule is C=CCn1c(SC(C)C(=O)Nc2cccc(Cl)c2C)nc2scc(-c3ccc(C)cc3)c2c1=O. The molecule has 0 spiro atoms. The number of fused-ring (bicyclic) bond motifs is 1. The number of carbonyl (C=O) groups is 1. The van der Waals surface area contributed by atoms with Crippen LogP contribution < -0.4 is 10.9 Å². The van der Waals surface area contributed by atoms with Crippen molar-refractivity contribution in [2.75, 3.05) is 5.32 Å². The van der Waals surface area contributed by atoms with Gasteiger partial charge >= 0.3 is 0 Å². The van der Waals surface area contributed by atoms with Gasteiger partial charge in [0.25, 0.3) is 5.56 Å². The van der Waals surface area contributed by atoms with E-state index in [0.717, 1.165) is 22.3 Å². The van der Waals surface area contributed by atoms with E-state index >= 15 is 0 Å². The largest absolute Gasteiger partial charge is 0.325 e. The van der Waals surface area contributed by atoms with Crippen molar-refractivity contribution in [2.24, 2.45) is 0 Å². The van der Waals surface area contributed by atoms with Crippen LogP contribution in [0.15, 0.2) is 70.5 Å². The Kier molecular flexibility index (Phi) is 7.26. The van der Waals surface area contributed by atoms with Crippen molar-refractivity contribution in [1.82, 2.24) is 9.55 Å². The van der Waals surface area contributed by atoms with Gasteiger partial charge in [-0.15, -0.1) is 17.9 Å². The number of aryl methyl sites for hydroxylation is 1. The highest BCUT2D eigenvalue weighted by Crippen LogP contribution is 2.33. The predicted molar refractivity (Wildman–Crippen MR) is 144 cm³/mol. The fraction of sp³-hybridized carbons (Fsp3) is 0.192. The minimum atomic E-state index is -0.490. The summed E-state index contributed by atoms with van der Waals surface area (Å²) in [5.41, 5.74) is 4.34. The molecule has 2 aromatic carbocycles. The minimum Gasteiger partial charge on any atom is -0.325 e. The number of amides is 1. The van der Waals surface area contributed by atoms with E-state index in [4.69, 9.17) is 16.6 Å². The van der Waals surface area contributed by atoms with Crippen molar-refractivity contribution in [3.05, 3.63) is 87.0 Å². The van der Waals surface area contributed by atoms with E-state index in [-0.39, 0.29) is 11.5 Å². The standard InChI is InChI=1S/C26H24ClN3O2S2/c1-5-13-30-25(32)22-19(18-11-9-15(2)10-12-18)14-33-24(22)29-26(30)34-17(4)23(31)28-21-8-6-7-20(27)16(21)3/h5-12,14,17H,1,13H2,2-4H3,(H,28,31). The highest BCUT2D eigenvalue weighted by atomic mass is 35.5. The fourth-order valence-corrected chi connectivity index (χ4v) is 5.60. The van der Waals surface area contributed by atoms with E-state index in [2.05, 4.69) is 11.9 Å². The number of rotatable bonds is 7. The number of hydrogen-bond acceptors (Lipinski definition) is 5. The quantitative estimate of drug-likeness (QED) is 0.171. The molecule has 0 saturated heterocycles. The maximum atomic E-state index is 13.5. The summed E-state index contributed by atoms with van der Waals surface area (Å²) in [7, 11) is 0. The molecule has 0 bridgehead atoms. The molecule has 1 N–H and O–H groups in total. The molecule has 0 fully saturated rings. The first kappa shape index (κ1) is 24.3. The molecule has 4 rings (SSSR count). The number of nitrogens with one attached hydrogen (secondary N) is 1. The monoisotopic (exact) mass is 509 g/mol. The average Bonchev–Trinajstić information content (AvgIpc) is 3.24. The van der Waals surface area contributed by atoms with E-state index < -0.39 is 5.25 Å². The molecule has 2 heterocycles. The molecule has 0 aliphatic heterocycles. The van der Waals surface area contributed by atoms with Crippen LogP contribution >= 0.6 is 34.7 Å². The van der Waals surface area contributed by atoms with E-state index in [9.17, 15) is 9.59 Å². The van der Waals surface area contributed by atoms with Crippen molar-refractivity contribution in [1.29, 1.82) is 0 Å². The molecule has 1 atom stereocenters. The first-order valence-electron chi connectivity index (χ1n) is 10.7. The zero-order valence-electron chi connectivity index (χ0n) is 19.1. The molecular formula is C26H24ClN3O2S2. The summed E-state index contributed by atoms with van der Waals surface area (Å²) in [6.45, 7) is 9.78. The normalized spacial score (nSPS) is 12.0. The number of carbonyl (C=O) groups excluding carboxylic acids is 1. The number of hydrogen-bond donors (Lipinski definition) is 1. The molecule has 1 amide bonds. The Labute approximate surface area is 211 Å². The number of aromatic nitrogens is 2. The topological polar surface area (TPSA) is 64.0 Å². The minimum absolute atomic E-state index is 0.137. The van der Waals surface area contributed by atoms with Crippen molar-refractivity contribution in [3.8, 4) is 11.1 Å². The van der Waals surface area contributed by atoms with Gasteiger partial charge in [0.2, 0.25) is 5.91 Å². The Morgan fingerprint density at radius 3 is 2.71 bits per heavy atom. The highest BCUT2D eigenvalue weighted by Gasteiger charge is 2.22. The molecule has 5 nitrogen and oxygen atoms in total. The molecular weight excluding hydrogens is 486 g/mol. The Morgan fingerprint density at radius 2 is 2.00 bits per heavy atom. The van der Waals surface area contributed by atoms with Crippen LogP contribution in [0.4, 0.5) is 5.69 Å². The first-order valence-corrected chi connectivity index (χ1v) is 12.9. The summed E-state index contributed by atoms with van der Waals surface area (Å²) < 4.78 is 1.58. The maximum Gasteiger partial charge on any atom is 0.263 e. The second-order valence-electron chi connectivity index (χ2n) is 7.96. The van der Waals surface area contributed by atoms with Gasteiger partial charge in [-0.3, -0.25) is 14.2 Å². The first-order chi connectivity index (χ1) is 16.3. The molecule has 1 unspecified atom stereocenters. The van der Waals surface area contributed by atoms with Gasteiger partial charge in [-0.25, -0.2) is 4.98 Å². The van der Waals surface area contributed by atoms with E-state index in [0.29, 0.717) is 32.6 Å². The fourth-order valence-electron chi connectivity index (χ4n) is 3.52. The molecule has 174 valence electrons. The summed E-state index contributed by atoms with van der Waals surface area (Å²) in [6.07, 6.45) is 1.66. The summed E-state index contributed by atoms with van der Waals surface area (Å²) in [4.78, 5) is 31.9. The third-order valence-corrected chi connectivity index (χ3v) is 7.88.